The molecule has 0 fully saturated rings. The highest BCUT2D eigenvalue weighted by Crippen LogP contribution is 2.11. The van der Waals surface area contributed by atoms with Crippen LogP contribution in [0.3, 0.4) is 0 Å². The molecule has 0 aliphatic heterocycles. The second-order valence-corrected chi connectivity index (χ2v) is 8.12. The summed E-state index contributed by atoms with van der Waals surface area (Å²) in [5, 5.41) is 25.9. The van der Waals surface area contributed by atoms with E-state index in [2.05, 4.69) is 56.6 Å². The van der Waals surface area contributed by atoms with Gasteiger partial charge in [0.15, 0.2) is 0 Å². The molecule has 0 radical (unpaired) electrons. The van der Waals surface area contributed by atoms with Crippen molar-refractivity contribution in [3.8, 4) is 0 Å². The number of unbranched alkanes of at least 4 members (excludes halogenated alkanes) is 3. The van der Waals surface area contributed by atoms with Gasteiger partial charge in [-0.3, -0.25) is 18.9 Å². The Bertz CT molecular complexity index is 766. The molecule has 10 nitrogen and oxygen atoms in total. The van der Waals surface area contributed by atoms with Crippen molar-refractivity contribution in [3.05, 3.63) is 35.7 Å². The highest BCUT2D eigenvalue weighted by atomic mass is 15.4. The highest BCUT2D eigenvalue weighted by Gasteiger charge is 2.15. The van der Waals surface area contributed by atoms with Crippen LogP contribution in [0.4, 0.5) is 0 Å². The van der Waals surface area contributed by atoms with Crippen molar-refractivity contribution in [2.24, 2.45) is 0 Å². The first-order chi connectivity index (χ1) is 15.2. The van der Waals surface area contributed by atoms with E-state index in [1.54, 1.807) is 0 Å². The summed E-state index contributed by atoms with van der Waals surface area (Å²) in [7, 11) is 0. The van der Waals surface area contributed by atoms with Crippen LogP contribution >= 0.6 is 0 Å². The van der Waals surface area contributed by atoms with Crippen molar-refractivity contribution in [1.29, 1.82) is 0 Å². The molecule has 0 atom stereocenters. The molecule has 0 aromatic carbocycles. The van der Waals surface area contributed by atoms with Crippen molar-refractivity contribution >= 4 is 0 Å². The summed E-state index contributed by atoms with van der Waals surface area (Å²) < 4.78 is 5.79. The lowest BCUT2D eigenvalue weighted by Gasteiger charge is -2.18. The van der Waals surface area contributed by atoms with E-state index in [1.807, 2.05) is 32.6 Å². The van der Waals surface area contributed by atoms with E-state index in [4.69, 9.17) is 0 Å². The van der Waals surface area contributed by atoms with E-state index in [9.17, 15) is 0 Å². The standard InChI is InChI=1S/C21H36N10/c1-4-7-10-29-16-19(22-25-29)13-28(14-20-17-30(26-23-20)11-8-5-2)15-21-18-31(27-24-21)12-9-6-3/h16-18H,4-15H2,1-3H3. The Hall–Kier alpha value is -2.62. The topological polar surface area (TPSA) is 95.4 Å². The van der Waals surface area contributed by atoms with Crippen LogP contribution < -0.4 is 0 Å². The normalized spacial score (nSPS) is 11.6. The van der Waals surface area contributed by atoms with Gasteiger partial charge in [0.2, 0.25) is 0 Å². The first kappa shape index (κ1) is 23.1. The predicted octanol–water partition coefficient (Wildman–Crippen LogP) is 3.06. The van der Waals surface area contributed by atoms with Gasteiger partial charge in [0.25, 0.3) is 0 Å². The van der Waals surface area contributed by atoms with Gasteiger partial charge in [0, 0.05) is 57.9 Å². The Kier molecular flexibility index (Phi) is 9.14. The van der Waals surface area contributed by atoms with Crippen molar-refractivity contribution in [2.75, 3.05) is 0 Å². The molecule has 0 amide bonds. The van der Waals surface area contributed by atoms with Gasteiger partial charge < -0.3 is 0 Å². The SMILES string of the molecule is CCCCn1cc(CN(Cc2cn(CCCC)nn2)Cc2cn(CCCC)nn2)nn1. The maximum Gasteiger partial charge on any atom is 0.0967 e. The molecular formula is C21H36N10. The molecule has 0 saturated carbocycles. The number of hydrogen-bond acceptors (Lipinski definition) is 7. The molecule has 170 valence electrons. The van der Waals surface area contributed by atoms with Gasteiger partial charge in [0.05, 0.1) is 17.1 Å². The molecule has 0 bridgehead atoms. The van der Waals surface area contributed by atoms with Crippen LogP contribution in [0, 0.1) is 0 Å². The van der Waals surface area contributed by atoms with Gasteiger partial charge in [-0.1, -0.05) is 55.7 Å². The summed E-state index contributed by atoms with van der Waals surface area (Å²) in [6.07, 6.45) is 12.9. The molecule has 31 heavy (non-hydrogen) atoms. The Morgan fingerprint density at radius 2 is 0.903 bits per heavy atom. The van der Waals surface area contributed by atoms with Crippen LogP contribution in [0.25, 0.3) is 0 Å². The second kappa shape index (κ2) is 12.3. The number of hydrogen-bond donors (Lipinski definition) is 0. The molecule has 3 aromatic rings. The van der Waals surface area contributed by atoms with Crippen LogP contribution in [-0.2, 0) is 39.3 Å². The Balaban J connectivity index is 1.67. The van der Waals surface area contributed by atoms with Crippen molar-refractivity contribution in [3.63, 3.8) is 0 Å². The predicted molar refractivity (Wildman–Crippen MR) is 118 cm³/mol. The summed E-state index contributed by atoms with van der Waals surface area (Å²) in [6.45, 7) is 11.3. The summed E-state index contributed by atoms with van der Waals surface area (Å²) in [4.78, 5) is 2.27. The molecular weight excluding hydrogens is 392 g/mol. The minimum absolute atomic E-state index is 0.676. The minimum atomic E-state index is 0.676. The zero-order valence-electron chi connectivity index (χ0n) is 19.2. The lowest BCUT2D eigenvalue weighted by atomic mass is 10.3. The summed E-state index contributed by atoms with van der Waals surface area (Å²) in [6, 6.07) is 0. The molecule has 0 N–H and O–H groups in total. The number of rotatable bonds is 15. The average molecular weight is 429 g/mol. The maximum atomic E-state index is 4.37. The lowest BCUT2D eigenvalue weighted by molar-refractivity contribution is 0.238. The van der Waals surface area contributed by atoms with Crippen molar-refractivity contribution < 1.29 is 0 Å². The van der Waals surface area contributed by atoms with Gasteiger partial charge in [0.1, 0.15) is 0 Å². The molecule has 10 heteroatoms. The van der Waals surface area contributed by atoms with Gasteiger partial charge in [-0.15, -0.1) is 15.3 Å². The van der Waals surface area contributed by atoms with Crippen LogP contribution in [-0.4, -0.2) is 49.9 Å². The van der Waals surface area contributed by atoms with Crippen LogP contribution in [0.15, 0.2) is 18.6 Å². The Morgan fingerprint density at radius 1 is 0.581 bits per heavy atom. The van der Waals surface area contributed by atoms with E-state index in [0.29, 0.717) is 19.6 Å². The molecule has 3 heterocycles. The number of nitrogens with zero attached hydrogens (tertiary/aromatic N) is 10. The van der Waals surface area contributed by atoms with E-state index < -0.39 is 0 Å². The van der Waals surface area contributed by atoms with Gasteiger partial charge in [-0.2, -0.15) is 0 Å². The van der Waals surface area contributed by atoms with Crippen LogP contribution in [0.1, 0.15) is 76.4 Å². The van der Waals surface area contributed by atoms with E-state index in [0.717, 1.165) is 75.2 Å². The zero-order valence-corrected chi connectivity index (χ0v) is 19.2. The van der Waals surface area contributed by atoms with Crippen molar-refractivity contribution in [1.82, 2.24) is 49.9 Å². The van der Waals surface area contributed by atoms with E-state index >= 15 is 0 Å². The van der Waals surface area contributed by atoms with Crippen molar-refractivity contribution in [2.45, 2.75) is 98.6 Å². The van der Waals surface area contributed by atoms with Crippen LogP contribution in [0.2, 0.25) is 0 Å². The lowest BCUT2D eigenvalue weighted by Crippen LogP contribution is -2.23. The zero-order chi connectivity index (χ0) is 21.9. The minimum Gasteiger partial charge on any atom is -0.285 e. The van der Waals surface area contributed by atoms with Gasteiger partial charge in [-0.05, 0) is 19.3 Å². The maximum absolute atomic E-state index is 4.37. The third kappa shape index (κ3) is 7.54. The Labute approximate surface area is 184 Å². The molecule has 0 saturated heterocycles. The van der Waals surface area contributed by atoms with E-state index in [-0.39, 0.29) is 0 Å². The smallest absolute Gasteiger partial charge is 0.0967 e. The summed E-state index contributed by atoms with van der Waals surface area (Å²) in [5.74, 6) is 0. The quantitative estimate of drug-likeness (QED) is 0.367. The fraction of sp³-hybridized carbons (Fsp3) is 0.714. The largest absolute Gasteiger partial charge is 0.285 e. The summed E-state index contributed by atoms with van der Waals surface area (Å²) in [5.41, 5.74) is 2.86. The monoisotopic (exact) mass is 428 g/mol. The third-order valence-electron chi connectivity index (χ3n) is 5.14. The van der Waals surface area contributed by atoms with Gasteiger partial charge >= 0.3 is 0 Å². The van der Waals surface area contributed by atoms with E-state index in [1.165, 1.54) is 0 Å². The first-order valence-electron chi connectivity index (χ1n) is 11.6. The highest BCUT2D eigenvalue weighted by molar-refractivity contribution is 4.99. The number of aryl methyl sites for hydroxylation is 3. The number of aromatic nitrogens is 9. The molecule has 3 rings (SSSR count). The second-order valence-electron chi connectivity index (χ2n) is 8.12. The summed E-state index contributed by atoms with van der Waals surface area (Å²) >= 11 is 0. The molecule has 0 unspecified atom stereocenters. The molecule has 3 aromatic heterocycles. The Morgan fingerprint density at radius 3 is 1.19 bits per heavy atom. The third-order valence-corrected chi connectivity index (χ3v) is 5.14. The fourth-order valence-electron chi connectivity index (χ4n) is 3.38. The van der Waals surface area contributed by atoms with Crippen LogP contribution in [0.5, 0.6) is 0 Å². The molecule has 0 aliphatic rings. The average Bonchev–Trinajstić information content (AvgIpc) is 3.51. The van der Waals surface area contributed by atoms with Gasteiger partial charge in [-0.25, -0.2) is 0 Å². The first-order valence-corrected chi connectivity index (χ1v) is 11.6. The molecule has 0 aliphatic carbocycles. The fourth-order valence-corrected chi connectivity index (χ4v) is 3.38. The molecule has 0 spiro atoms.